The maximum Gasteiger partial charge on any atom is 0.253 e. The minimum Gasteiger partial charge on any atom is -0.371 e. The van der Waals surface area contributed by atoms with Gasteiger partial charge in [-0.3, -0.25) is 9.69 Å². The first-order chi connectivity index (χ1) is 12.9. The Morgan fingerprint density at radius 1 is 1.15 bits per heavy atom. The van der Waals surface area contributed by atoms with Crippen LogP contribution in [0.15, 0.2) is 48.8 Å². The molecule has 0 bridgehead atoms. The minimum atomic E-state index is -0.0175. The maximum atomic E-state index is 12.7. The number of hydrogen-bond donors (Lipinski definition) is 1. The van der Waals surface area contributed by atoms with E-state index in [1.807, 2.05) is 24.5 Å². The van der Waals surface area contributed by atoms with Crippen LogP contribution >= 0.6 is 0 Å². The first kappa shape index (κ1) is 18.3. The average molecular weight is 367 g/mol. The highest BCUT2D eigenvalue weighted by Crippen LogP contribution is 2.30. The smallest absolute Gasteiger partial charge is 0.253 e. The van der Waals surface area contributed by atoms with Gasteiger partial charge in [-0.15, -0.1) is 0 Å². The summed E-state index contributed by atoms with van der Waals surface area (Å²) >= 11 is 0. The molecule has 3 heterocycles. The lowest BCUT2D eigenvalue weighted by Gasteiger charge is -2.35. The van der Waals surface area contributed by atoms with Gasteiger partial charge in [-0.1, -0.05) is 30.3 Å². The Kier molecular flexibility index (Phi) is 4.82. The highest BCUT2D eigenvalue weighted by Gasteiger charge is 2.38. The SMILES string of the molecule is CC(C)(C)n1ccc(C(=O)N[C@@H]2C[C@H]3CO[C@@H](c4ccccc4)CN3C2)c1. The molecule has 2 aliphatic heterocycles. The summed E-state index contributed by atoms with van der Waals surface area (Å²) in [7, 11) is 0. The molecule has 0 spiro atoms. The number of morpholine rings is 1. The summed E-state index contributed by atoms with van der Waals surface area (Å²) in [5.74, 6) is 0.0170. The number of carbonyl (C=O) groups is 1. The number of rotatable bonds is 3. The lowest BCUT2D eigenvalue weighted by atomic mass is 10.1. The van der Waals surface area contributed by atoms with Crippen LogP contribution in [0.2, 0.25) is 0 Å². The molecule has 0 radical (unpaired) electrons. The summed E-state index contributed by atoms with van der Waals surface area (Å²) in [5.41, 5.74) is 1.94. The Balaban J connectivity index is 1.36. The predicted molar refractivity (Wildman–Crippen MR) is 106 cm³/mol. The van der Waals surface area contributed by atoms with Gasteiger partial charge in [0.15, 0.2) is 0 Å². The van der Waals surface area contributed by atoms with Crippen LogP contribution in [0.5, 0.6) is 0 Å². The predicted octanol–water partition coefficient (Wildman–Crippen LogP) is 3.19. The van der Waals surface area contributed by atoms with Gasteiger partial charge in [0.1, 0.15) is 0 Å². The lowest BCUT2D eigenvalue weighted by Crippen LogP contribution is -2.43. The van der Waals surface area contributed by atoms with Crippen LogP contribution < -0.4 is 5.32 Å². The number of carbonyl (C=O) groups excluding carboxylic acids is 1. The number of nitrogens with one attached hydrogen (secondary N) is 1. The number of fused-ring (bicyclic) bond motifs is 1. The Bertz CT molecular complexity index is 793. The number of ether oxygens (including phenoxy) is 1. The van der Waals surface area contributed by atoms with Gasteiger partial charge in [0.05, 0.1) is 18.3 Å². The van der Waals surface area contributed by atoms with Gasteiger partial charge in [0, 0.05) is 43.1 Å². The quantitative estimate of drug-likeness (QED) is 0.906. The fourth-order valence-corrected chi connectivity index (χ4v) is 4.06. The van der Waals surface area contributed by atoms with E-state index in [4.69, 9.17) is 4.74 Å². The minimum absolute atomic E-state index is 0.0170. The van der Waals surface area contributed by atoms with Crippen LogP contribution in [0.3, 0.4) is 0 Å². The van der Waals surface area contributed by atoms with Crippen molar-refractivity contribution < 1.29 is 9.53 Å². The molecule has 4 rings (SSSR count). The number of benzene rings is 1. The summed E-state index contributed by atoms with van der Waals surface area (Å²) in [6, 6.07) is 12.9. The van der Waals surface area contributed by atoms with Crippen LogP contribution in [-0.4, -0.2) is 47.2 Å². The molecule has 1 amide bonds. The molecule has 5 heteroatoms. The highest BCUT2D eigenvalue weighted by molar-refractivity contribution is 5.94. The molecule has 0 aliphatic carbocycles. The van der Waals surface area contributed by atoms with Crippen molar-refractivity contribution in [3.05, 3.63) is 59.9 Å². The van der Waals surface area contributed by atoms with Gasteiger partial charge >= 0.3 is 0 Å². The van der Waals surface area contributed by atoms with E-state index >= 15 is 0 Å². The third-order valence-corrected chi connectivity index (χ3v) is 5.65. The molecule has 0 unspecified atom stereocenters. The first-order valence-corrected chi connectivity index (χ1v) is 9.80. The molecule has 0 saturated carbocycles. The molecule has 2 fully saturated rings. The zero-order chi connectivity index (χ0) is 19.0. The lowest BCUT2D eigenvalue weighted by molar-refractivity contribution is -0.0502. The van der Waals surface area contributed by atoms with E-state index in [0.29, 0.717) is 6.04 Å². The van der Waals surface area contributed by atoms with Crippen LogP contribution in [-0.2, 0) is 10.3 Å². The van der Waals surface area contributed by atoms with Crippen molar-refractivity contribution in [3.8, 4) is 0 Å². The maximum absolute atomic E-state index is 12.7. The Morgan fingerprint density at radius 2 is 1.93 bits per heavy atom. The molecule has 1 aromatic heterocycles. The summed E-state index contributed by atoms with van der Waals surface area (Å²) in [5, 5.41) is 3.22. The van der Waals surface area contributed by atoms with E-state index in [1.165, 1.54) is 5.56 Å². The zero-order valence-corrected chi connectivity index (χ0v) is 16.4. The molecule has 1 N–H and O–H groups in total. The van der Waals surface area contributed by atoms with Gasteiger partial charge < -0.3 is 14.6 Å². The first-order valence-electron chi connectivity index (χ1n) is 9.80. The molecule has 2 saturated heterocycles. The Labute approximate surface area is 161 Å². The normalized spacial score (nSPS) is 26.0. The van der Waals surface area contributed by atoms with Crippen molar-refractivity contribution >= 4 is 5.91 Å². The van der Waals surface area contributed by atoms with E-state index in [1.54, 1.807) is 0 Å². The second-order valence-electron chi connectivity index (χ2n) is 8.72. The summed E-state index contributed by atoms with van der Waals surface area (Å²) in [6.07, 6.45) is 4.99. The van der Waals surface area contributed by atoms with E-state index in [-0.39, 0.29) is 23.6 Å². The molecular formula is C22H29N3O2. The number of amides is 1. The molecule has 27 heavy (non-hydrogen) atoms. The van der Waals surface area contributed by atoms with Gasteiger partial charge in [-0.2, -0.15) is 0 Å². The highest BCUT2D eigenvalue weighted by atomic mass is 16.5. The standard InChI is InChI=1S/C22H29N3O2/c1-22(2,3)25-10-9-17(12-25)21(26)23-18-11-19-15-27-20(14-24(19)13-18)16-7-5-4-6-8-16/h4-10,12,18-20H,11,13-15H2,1-3H3,(H,23,26)/t18-,19+,20-/m1/s1. The fraction of sp³-hybridized carbons (Fsp3) is 0.500. The number of nitrogens with zero attached hydrogens (tertiary/aromatic N) is 2. The number of aromatic nitrogens is 1. The van der Waals surface area contributed by atoms with Crippen LogP contribution in [0.4, 0.5) is 0 Å². The zero-order valence-electron chi connectivity index (χ0n) is 16.4. The Morgan fingerprint density at radius 3 is 2.63 bits per heavy atom. The van der Waals surface area contributed by atoms with Gasteiger partial charge in [0.25, 0.3) is 5.91 Å². The second-order valence-corrected chi connectivity index (χ2v) is 8.72. The van der Waals surface area contributed by atoms with Crippen molar-refractivity contribution in [2.45, 2.75) is 50.9 Å². The molecular weight excluding hydrogens is 338 g/mol. The van der Waals surface area contributed by atoms with Crippen LogP contribution in [0.1, 0.15) is 49.2 Å². The second kappa shape index (κ2) is 7.13. The molecule has 5 nitrogen and oxygen atoms in total. The fourth-order valence-electron chi connectivity index (χ4n) is 4.06. The van der Waals surface area contributed by atoms with Gasteiger partial charge in [0.2, 0.25) is 0 Å². The molecule has 1 aromatic carbocycles. The van der Waals surface area contributed by atoms with Crippen molar-refractivity contribution in [1.29, 1.82) is 0 Å². The summed E-state index contributed by atoms with van der Waals surface area (Å²) < 4.78 is 8.18. The summed E-state index contributed by atoms with van der Waals surface area (Å²) in [6.45, 7) is 8.91. The van der Waals surface area contributed by atoms with Crippen molar-refractivity contribution in [1.82, 2.24) is 14.8 Å². The third kappa shape index (κ3) is 3.94. The van der Waals surface area contributed by atoms with Crippen molar-refractivity contribution in [2.75, 3.05) is 19.7 Å². The number of hydrogen-bond acceptors (Lipinski definition) is 3. The van der Waals surface area contributed by atoms with Gasteiger partial charge in [-0.05, 0) is 38.8 Å². The van der Waals surface area contributed by atoms with Crippen molar-refractivity contribution in [2.24, 2.45) is 0 Å². The largest absolute Gasteiger partial charge is 0.371 e. The van der Waals surface area contributed by atoms with Crippen LogP contribution in [0, 0.1) is 0 Å². The molecule has 144 valence electrons. The van der Waals surface area contributed by atoms with E-state index in [2.05, 4.69) is 59.8 Å². The summed E-state index contributed by atoms with van der Waals surface area (Å²) in [4.78, 5) is 15.1. The Hall–Kier alpha value is -2.11. The monoisotopic (exact) mass is 367 g/mol. The van der Waals surface area contributed by atoms with E-state index in [9.17, 15) is 4.79 Å². The third-order valence-electron chi connectivity index (χ3n) is 5.65. The van der Waals surface area contributed by atoms with Crippen LogP contribution in [0.25, 0.3) is 0 Å². The average Bonchev–Trinajstić information content (AvgIpc) is 3.28. The molecule has 3 atom stereocenters. The van der Waals surface area contributed by atoms with Gasteiger partial charge in [-0.25, -0.2) is 0 Å². The molecule has 2 aromatic rings. The molecule has 2 aliphatic rings. The topological polar surface area (TPSA) is 46.5 Å². The van der Waals surface area contributed by atoms with Crippen molar-refractivity contribution in [3.63, 3.8) is 0 Å². The van der Waals surface area contributed by atoms with E-state index < -0.39 is 0 Å². The van der Waals surface area contributed by atoms with E-state index in [0.717, 1.165) is 31.7 Å².